The van der Waals surface area contributed by atoms with Crippen LogP contribution in [0, 0.1) is 23.7 Å². The van der Waals surface area contributed by atoms with E-state index in [4.69, 9.17) is 5.73 Å². The molecule has 1 aliphatic carbocycles. The Morgan fingerprint density at radius 1 is 1.16 bits per heavy atom. The number of nitrogens with two attached hydrogens (primary N) is 1. The number of hydrogen-bond donors (Lipinski definition) is 1. The van der Waals surface area contributed by atoms with E-state index in [0.29, 0.717) is 23.7 Å². The van der Waals surface area contributed by atoms with Crippen LogP contribution in [0.2, 0.25) is 0 Å². The van der Waals surface area contributed by atoms with Crippen LogP contribution in [0.3, 0.4) is 0 Å². The minimum atomic E-state index is 0.0428. The fourth-order valence-electron chi connectivity index (χ4n) is 3.10. The van der Waals surface area contributed by atoms with Crippen molar-refractivity contribution in [2.75, 3.05) is 13.1 Å². The highest BCUT2D eigenvalue weighted by Gasteiger charge is 2.35. The van der Waals surface area contributed by atoms with E-state index in [2.05, 4.69) is 39.5 Å². The number of rotatable bonds is 5. The Balaban J connectivity index is 2.73. The van der Waals surface area contributed by atoms with E-state index < -0.39 is 0 Å². The Labute approximate surface area is 118 Å². The zero-order valence-corrected chi connectivity index (χ0v) is 13.4. The van der Waals surface area contributed by atoms with E-state index in [1.165, 1.54) is 6.42 Å². The maximum Gasteiger partial charge on any atom is 0.227 e. The van der Waals surface area contributed by atoms with Crippen molar-refractivity contribution < 1.29 is 4.79 Å². The summed E-state index contributed by atoms with van der Waals surface area (Å²) in [7, 11) is 0. The second-order valence-electron chi connectivity index (χ2n) is 7.12. The van der Waals surface area contributed by atoms with E-state index in [1.54, 1.807) is 0 Å². The van der Waals surface area contributed by atoms with Crippen LogP contribution in [0.25, 0.3) is 0 Å². The molecule has 3 heteroatoms. The van der Waals surface area contributed by atoms with E-state index in [-0.39, 0.29) is 12.0 Å². The Morgan fingerprint density at radius 2 is 1.68 bits per heavy atom. The first-order valence-corrected chi connectivity index (χ1v) is 7.87. The van der Waals surface area contributed by atoms with Gasteiger partial charge in [0, 0.05) is 19.1 Å². The van der Waals surface area contributed by atoms with Gasteiger partial charge in [-0.3, -0.25) is 4.79 Å². The van der Waals surface area contributed by atoms with E-state index in [1.807, 2.05) is 0 Å². The fraction of sp³-hybridized carbons (Fsp3) is 0.938. The van der Waals surface area contributed by atoms with Crippen LogP contribution in [0.1, 0.15) is 53.9 Å². The molecule has 3 nitrogen and oxygen atoms in total. The molecule has 112 valence electrons. The first-order valence-electron chi connectivity index (χ1n) is 7.87. The van der Waals surface area contributed by atoms with Gasteiger partial charge in [0.25, 0.3) is 0 Å². The monoisotopic (exact) mass is 268 g/mol. The van der Waals surface area contributed by atoms with E-state index in [0.717, 1.165) is 25.9 Å². The lowest BCUT2D eigenvalue weighted by Crippen LogP contribution is -2.50. The summed E-state index contributed by atoms with van der Waals surface area (Å²) in [6, 6.07) is 0.0445. The molecular weight excluding hydrogens is 236 g/mol. The fourth-order valence-corrected chi connectivity index (χ4v) is 3.10. The van der Waals surface area contributed by atoms with Gasteiger partial charge < -0.3 is 10.6 Å². The molecule has 0 saturated heterocycles. The van der Waals surface area contributed by atoms with E-state index >= 15 is 0 Å². The lowest BCUT2D eigenvalue weighted by atomic mass is 9.77. The summed E-state index contributed by atoms with van der Waals surface area (Å²) in [5.74, 6) is 1.84. The summed E-state index contributed by atoms with van der Waals surface area (Å²) in [6.45, 7) is 12.6. The van der Waals surface area contributed by atoms with Gasteiger partial charge in [0.2, 0.25) is 5.91 Å². The third-order valence-electron chi connectivity index (χ3n) is 4.10. The minimum absolute atomic E-state index is 0.0428. The standard InChI is InChI=1S/C16H32N2O/c1-11(2)9-18(10-12(3)4)16(19)14-8-6-7-13(5)15(14)17/h11-15H,6-10,17H2,1-5H3. The van der Waals surface area contributed by atoms with Gasteiger partial charge in [0.15, 0.2) is 0 Å². The smallest absolute Gasteiger partial charge is 0.227 e. The van der Waals surface area contributed by atoms with Crippen LogP contribution >= 0.6 is 0 Å². The van der Waals surface area contributed by atoms with Crippen molar-refractivity contribution >= 4 is 5.91 Å². The SMILES string of the molecule is CC(C)CN(CC(C)C)C(=O)C1CCCC(C)C1N. The van der Waals surface area contributed by atoms with Crippen molar-refractivity contribution in [3.63, 3.8) is 0 Å². The van der Waals surface area contributed by atoms with Gasteiger partial charge in [-0.2, -0.15) is 0 Å². The summed E-state index contributed by atoms with van der Waals surface area (Å²) in [6.07, 6.45) is 3.28. The average molecular weight is 268 g/mol. The summed E-state index contributed by atoms with van der Waals surface area (Å²) in [4.78, 5) is 14.8. The topological polar surface area (TPSA) is 46.3 Å². The molecule has 1 amide bonds. The molecule has 1 saturated carbocycles. The predicted octanol–water partition coefficient (Wildman–Crippen LogP) is 2.89. The molecule has 0 heterocycles. The molecule has 1 fully saturated rings. The third kappa shape index (κ3) is 4.79. The lowest BCUT2D eigenvalue weighted by Gasteiger charge is -2.37. The first-order chi connectivity index (χ1) is 8.82. The zero-order chi connectivity index (χ0) is 14.6. The Morgan fingerprint density at radius 3 is 2.16 bits per heavy atom. The number of carbonyl (C=O) groups excluding carboxylic acids is 1. The third-order valence-corrected chi connectivity index (χ3v) is 4.10. The van der Waals surface area contributed by atoms with Gasteiger partial charge in [0.05, 0.1) is 5.92 Å². The lowest BCUT2D eigenvalue weighted by molar-refractivity contribution is -0.138. The normalized spacial score (nSPS) is 27.9. The predicted molar refractivity (Wildman–Crippen MR) is 80.7 cm³/mol. The highest BCUT2D eigenvalue weighted by atomic mass is 16.2. The molecule has 0 aromatic heterocycles. The molecule has 3 unspecified atom stereocenters. The Kier molecular flexibility index (Phi) is 6.31. The van der Waals surface area contributed by atoms with Crippen LogP contribution < -0.4 is 5.73 Å². The minimum Gasteiger partial charge on any atom is -0.342 e. The number of hydrogen-bond acceptors (Lipinski definition) is 2. The molecule has 1 rings (SSSR count). The van der Waals surface area contributed by atoms with Crippen molar-refractivity contribution in [1.29, 1.82) is 0 Å². The van der Waals surface area contributed by atoms with Crippen LogP contribution in [-0.2, 0) is 4.79 Å². The number of amides is 1. The molecule has 0 spiro atoms. The first kappa shape index (κ1) is 16.5. The van der Waals surface area contributed by atoms with Crippen LogP contribution in [0.15, 0.2) is 0 Å². The van der Waals surface area contributed by atoms with Crippen molar-refractivity contribution in [3.8, 4) is 0 Å². The number of carbonyl (C=O) groups is 1. The molecule has 0 radical (unpaired) electrons. The molecule has 0 bridgehead atoms. The highest BCUT2D eigenvalue weighted by Crippen LogP contribution is 2.29. The van der Waals surface area contributed by atoms with Gasteiger partial charge >= 0.3 is 0 Å². The van der Waals surface area contributed by atoms with Gasteiger partial charge in [0.1, 0.15) is 0 Å². The van der Waals surface area contributed by atoms with Gasteiger partial charge in [-0.25, -0.2) is 0 Å². The maximum atomic E-state index is 12.8. The zero-order valence-electron chi connectivity index (χ0n) is 13.4. The Bertz CT molecular complexity index is 278. The van der Waals surface area contributed by atoms with Crippen molar-refractivity contribution in [2.24, 2.45) is 29.4 Å². The van der Waals surface area contributed by atoms with Gasteiger partial charge in [-0.15, -0.1) is 0 Å². The summed E-state index contributed by atoms with van der Waals surface area (Å²) >= 11 is 0. The van der Waals surface area contributed by atoms with Crippen LogP contribution in [0.4, 0.5) is 0 Å². The summed E-state index contributed by atoms with van der Waals surface area (Å²) in [5, 5.41) is 0. The molecule has 3 atom stereocenters. The quantitative estimate of drug-likeness (QED) is 0.833. The Hall–Kier alpha value is -0.570. The molecular formula is C16H32N2O. The number of nitrogens with zero attached hydrogens (tertiary/aromatic N) is 1. The van der Waals surface area contributed by atoms with Gasteiger partial charge in [-0.05, 0) is 30.6 Å². The summed E-state index contributed by atoms with van der Waals surface area (Å²) < 4.78 is 0. The largest absolute Gasteiger partial charge is 0.342 e. The van der Waals surface area contributed by atoms with Crippen molar-refractivity contribution in [2.45, 2.75) is 59.9 Å². The molecule has 0 aliphatic heterocycles. The molecule has 0 aromatic rings. The molecule has 2 N–H and O–H groups in total. The molecule has 19 heavy (non-hydrogen) atoms. The molecule has 1 aliphatic rings. The average Bonchev–Trinajstić information content (AvgIpc) is 2.30. The maximum absolute atomic E-state index is 12.8. The second kappa shape index (κ2) is 7.28. The highest BCUT2D eigenvalue weighted by molar-refractivity contribution is 5.79. The molecule has 0 aromatic carbocycles. The van der Waals surface area contributed by atoms with Crippen molar-refractivity contribution in [3.05, 3.63) is 0 Å². The van der Waals surface area contributed by atoms with E-state index in [9.17, 15) is 4.79 Å². The van der Waals surface area contributed by atoms with Gasteiger partial charge in [-0.1, -0.05) is 41.0 Å². The van der Waals surface area contributed by atoms with Crippen molar-refractivity contribution in [1.82, 2.24) is 4.90 Å². The van der Waals surface area contributed by atoms with Crippen LogP contribution in [-0.4, -0.2) is 29.9 Å². The second-order valence-corrected chi connectivity index (χ2v) is 7.12. The van der Waals surface area contributed by atoms with Crippen LogP contribution in [0.5, 0.6) is 0 Å². The summed E-state index contributed by atoms with van der Waals surface area (Å²) in [5.41, 5.74) is 6.28.